The number of methoxy groups -OCH3 is 1. The lowest BCUT2D eigenvalue weighted by atomic mass is 10.2. The van der Waals surface area contributed by atoms with Crippen LogP contribution in [0.15, 0.2) is 53.4 Å². The van der Waals surface area contributed by atoms with Crippen LogP contribution in [-0.2, 0) is 4.79 Å². The van der Waals surface area contributed by atoms with E-state index < -0.39 is 0 Å². The number of rotatable bonds is 4. The number of thioether (sulfide) groups is 1. The first-order valence-electron chi connectivity index (χ1n) is 7.05. The smallest absolute Gasteiger partial charge is 0.285 e. The summed E-state index contributed by atoms with van der Waals surface area (Å²) >= 11 is 6.50. The first-order chi connectivity index (χ1) is 11.6. The average molecular weight is 358 g/mol. The molecule has 0 radical (unpaired) electrons. The number of carbonyl (C=O) groups is 1. The molecule has 1 aliphatic rings. The average Bonchev–Trinajstić information content (AvgIpc) is 2.85. The number of anilines is 1. The van der Waals surface area contributed by atoms with Crippen LogP contribution in [-0.4, -0.2) is 27.5 Å². The van der Waals surface area contributed by atoms with Crippen LogP contribution >= 0.6 is 24.0 Å². The Morgan fingerprint density at radius 2 is 2.00 bits per heavy atom. The minimum Gasteiger partial charge on any atom is -0.504 e. The van der Waals surface area contributed by atoms with Crippen LogP contribution in [0.25, 0.3) is 6.08 Å². The molecule has 1 aliphatic heterocycles. The highest BCUT2D eigenvalue weighted by molar-refractivity contribution is 8.26. The normalized spacial score (nSPS) is 15.9. The van der Waals surface area contributed by atoms with Crippen molar-refractivity contribution in [2.75, 3.05) is 12.5 Å². The molecule has 24 heavy (non-hydrogen) atoms. The highest BCUT2D eigenvalue weighted by Gasteiger charge is 2.32. The Kier molecular flexibility index (Phi) is 4.73. The molecule has 3 rings (SSSR count). The van der Waals surface area contributed by atoms with E-state index >= 15 is 0 Å². The third kappa shape index (κ3) is 3.37. The van der Waals surface area contributed by atoms with Crippen LogP contribution in [0.2, 0.25) is 0 Å². The Balaban J connectivity index is 1.83. The first-order valence-corrected chi connectivity index (χ1v) is 8.27. The highest BCUT2D eigenvalue weighted by Crippen LogP contribution is 2.34. The SMILES string of the molecule is COc1cc(/C=C2/SC(=S)N(Nc3ccccc3)C2=O)ccc1O. The molecule has 2 N–H and O–H groups in total. The second kappa shape index (κ2) is 6.94. The van der Waals surface area contributed by atoms with Gasteiger partial charge in [0.2, 0.25) is 0 Å². The molecule has 1 amide bonds. The summed E-state index contributed by atoms with van der Waals surface area (Å²) in [6, 6.07) is 14.2. The van der Waals surface area contributed by atoms with Gasteiger partial charge in [0.25, 0.3) is 5.91 Å². The Morgan fingerprint density at radius 3 is 2.71 bits per heavy atom. The number of phenols is 1. The van der Waals surface area contributed by atoms with E-state index in [2.05, 4.69) is 5.43 Å². The zero-order valence-electron chi connectivity index (χ0n) is 12.7. The van der Waals surface area contributed by atoms with Crippen molar-refractivity contribution in [2.24, 2.45) is 0 Å². The van der Waals surface area contributed by atoms with Gasteiger partial charge in [0, 0.05) is 0 Å². The molecular formula is C17H14N2O3S2. The van der Waals surface area contributed by atoms with Gasteiger partial charge in [-0.2, -0.15) is 0 Å². The summed E-state index contributed by atoms with van der Waals surface area (Å²) in [6.45, 7) is 0. The lowest BCUT2D eigenvalue weighted by Gasteiger charge is -2.16. The summed E-state index contributed by atoms with van der Waals surface area (Å²) in [7, 11) is 1.47. The minimum absolute atomic E-state index is 0.0490. The largest absolute Gasteiger partial charge is 0.504 e. The molecule has 0 spiro atoms. The molecule has 1 heterocycles. The lowest BCUT2D eigenvalue weighted by molar-refractivity contribution is -0.121. The number of hydrogen-bond donors (Lipinski definition) is 2. The molecule has 1 fully saturated rings. The van der Waals surface area contributed by atoms with Gasteiger partial charge >= 0.3 is 0 Å². The number of para-hydroxylation sites is 1. The summed E-state index contributed by atoms with van der Waals surface area (Å²) in [5.74, 6) is 0.176. The molecule has 0 saturated carbocycles. The Hall–Kier alpha value is -2.51. The van der Waals surface area contributed by atoms with Crippen molar-refractivity contribution in [3.05, 3.63) is 59.0 Å². The van der Waals surface area contributed by atoms with E-state index in [0.717, 1.165) is 11.3 Å². The molecule has 0 unspecified atom stereocenters. The fourth-order valence-corrected chi connectivity index (χ4v) is 3.32. The van der Waals surface area contributed by atoms with E-state index in [4.69, 9.17) is 17.0 Å². The molecule has 0 bridgehead atoms. The zero-order valence-corrected chi connectivity index (χ0v) is 14.4. The van der Waals surface area contributed by atoms with Gasteiger partial charge in [0.15, 0.2) is 15.8 Å². The molecule has 0 aliphatic carbocycles. The van der Waals surface area contributed by atoms with Crippen LogP contribution in [0.3, 0.4) is 0 Å². The third-order valence-corrected chi connectivity index (χ3v) is 4.61. The maximum atomic E-state index is 12.6. The maximum Gasteiger partial charge on any atom is 0.285 e. The molecular weight excluding hydrogens is 344 g/mol. The number of thiocarbonyl (C=S) groups is 1. The summed E-state index contributed by atoms with van der Waals surface area (Å²) in [5.41, 5.74) is 4.52. The monoisotopic (exact) mass is 358 g/mol. The van der Waals surface area contributed by atoms with E-state index in [-0.39, 0.29) is 11.7 Å². The lowest BCUT2D eigenvalue weighted by Crippen LogP contribution is -2.33. The van der Waals surface area contributed by atoms with Crippen molar-refractivity contribution < 1.29 is 14.6 Å². The number of nitrogens with zero attached hydrogens (tertiary/aromatic N) is 1. The maximum absolute atomic E-state index is 12.6. The van der Waals surface area contributed by atoms with Crippen LogP contribution in [0.4, 0.5) is 5.69 Å². The predicted molar refractivity (Wildman–Crippen MR) is 99.7 cm³/mol. The number of ether oxygens (including phenoxy) is 1. The summed E-state index contributed by atoms with van der Waals surface area (Å²) in [4.78, 5) is 13.0. The summed E-state index contributed by atoms with van der Waals surface area (Å²) < 4.78 is 5.51. The number of hydrogen-bond acceptors (Lipinski definition) is 6. The van der Waals surface area contributed by atoms with Crippen LogP contribution in [0.5, 0.6) is 11.5 Å². The van der Waals surface area contributed by atoms with Gasteiger partial charge in [-0.1, -0.05) is 36.0 Å². The topological polar surface area (TPSA) is 61.8 Å². The number of benzene rings is 2. The Labute approximate surface area is 148 Å². The van der Waals surface area contributed by atoms with E-state index in [1.807, 2.05) is 30.3 Å². The Morgan fingerprint density at radius 1 is 1.25 bits per heavy atom. The molecule has 0 aromatic heterocycles. The van der Waals surface area contributed by atoms with Crippen molar-refractivity contribution in [2.45, 2.75) is 0 Å². The van der Waals surface area contributed by atoms with Gasteiger partial charge in [-0.3, -0.25) is 10.2 Å². The number of amides is 1. The Bertz CT molecular complexity index is 822. The van der Waals surface area contributed by atoms with E-state index in [0.29, 0.717) is 15.0 Å². The van der Waals surface area contributed by atoms with Gasteiger partial charge in [0.1, 0.15) is 0 Å². The number of hydrazine groups is 1. The van der Waals surface area contributed by atoms with Crippen molar-refractivity contribution >= 4 is 46.0 Å². The third-order valence-electron chi connectivity index (χ3n) is 3.31. The first kappa shape index (κ1) is 16.4. The number of aromatic hydroxyl groups is 1. The van der Waals surface area contributed by atoms with E-state index in [1.54, 1.807) is 18.2 Å². The van der Waals surface area contributed by atoms with Crippen LogP contribution in [0, 0.1) is 0 Å². The number of carbonyl (C=O) groups excluding carboxylic acids is 1. The quantitative estimate of drug-likeness (QED) is 0.643. The molecule has 0 atom stereocenters. The highest BCUT2D eigenvalue weighted by atomic mass is 32.2. The standard InChI is InChI=1S/C17H14N2O3S2/c1-22-14-9-11(7-8-13(14)20)10-15-16(21)19(17(23)24-15)18-12-5-3-2-4-6-12/h2-10,18,20H,1H3/b15-10+. The fraction of sp³-hybridized carbons (Fsp3) is 0.0588. The van der Waals surface area contributed by atoms with Gasteiger partial charge in [-0.15, -0.1) is 0 Å². The molecule has 122 valence electrons. The van der Waals surface area contributed by atoms with E-state index in [9.17, 15) is 9.90 Å². The van der Waals surface area contributed by atoms with Gasteiger partial charge in [-0.25, -0.2) is 5.01 Å². The van der Waals surface area contributed by atoms with Crippen LogP contribution < -0.4 is 10.2 Å². The number of phenolic OH excluding ortho intramolecular Hbond substituents is 1. The van der Waals surface area contributed by atoms with Gasteiger partial charge in [0.05, 0.1) is 17.7 Å². The number of nitrogens with one attached hydrogen (secondary N) is 1. The van der Waals surface area contributed by atoms with Gasteiger partial charge < -0.3 is 9.84 Å². The molecule has 1 saturated heterocycles. The molecule has 7 heteroatoms. The summed E-state index contributed by atoms with van der Waals surface area (Å²) in [5, 5.41) is 11.0. The van der Waals surface area contributed by atoms with Crippen molar-refractivity contribution in [1.82, 2.24) is 5.01 Å². The predicted octanol–water partition coefficient (Wildman–Crippen LogP) is 3.63. The van der Waals surface area contributed by atoms with E-state index in [1.165, 1.54) is 29.9 Å². The molecule has 5 nitrogen and oxygen atoms in total. The minimum atomic E-state index is -0.221. The zero-order chi connectivity index (χ0) is 17.1. The molecule has 2 aromatic carbocycles. The second-order valence-electron chi connectivity index (χ2n) is 4.93. The van der Waals surface area contributed by atoms with Crippen LogP contribution in [0.1, 0.15) is 5.56 Å². The fourth-order valence-electron chi connectivity index (χ4n) is 2.14. The van der Waals surface area contributed by atoms with Crippen molar-refractivity contribution in [3.63, 3.8) is 0 Å². The molecule has 2 aromatic rings. The van der Waals surface area contributed by atoms with Crippen molar-refractivity contribution in [3.8, 4) is 11.5 Å². The second-order valence-corrected chi connectivity index (χ2v) is 6.60. The van der Waals surface area contributed by atoms with Gasteiger partial charge in [-0.05, 0) is 48.1 Å². The summed E-state index contributed by atoms with van der Waals surface area (Å²) in [6.07, 6.45) is 1.72. The van der Waals surface area contributed by atoms with Crippen molar-refractivity contribution in [1.29, 1.82) is 0 Å².